The second-order valence-corrected chi connectivity index (χ2v) is 9.56. The molecule has 1 saturated carbocycles. The summed E-state index contributed by atoms with van der Waals surface area (Å²) in [6.07, 6.45) is 3.05. The van der Waals surface area contributed by atoms with Crippen LogP contribution in [-0.2, 0) is 0 Å². The predicted octanol–water partition coefficient (Wildman–Crippen LogP) is 4.30. The first-order chi connectivity index (χ1) is 15.3. The highest BCUT2D eigenvalue weighted by atomic mass is 19.3. The number of carbonyl (C=O) groups excluding carboxylic acids is 1. The number of halogens is 2. The molecule has 0 spiro atoms. The summed E-state index contributed by atoms with van der Waals surface area (Å²) in [7, 11) is 0. The van der Waals surface area contributed by atoms with E-state index in [0.29, 0.717) is 29.7 Å². The predicted molar refractivity (Wildman–Crippen MR) is 120 cm³/mol. The number of fused-ring (bicyclic) bond motifs is 1. The van der Waals surface area contributed by atoms with Crippen LogP contribution < -0.4 is 5.32 Å². The van der Waals surface area contributed by atoms with Gasteiger partial charge in [-0.15, -0.1) is 0 Å². The standard InChI is InChI=1S/C24H34F2N4O2/c1-3-27-23(31)17-7-8-20-18(13-17)28-22(21(25)26)30(20)19-9-12-29(14-16(19)2)15-24(32)10-5-4-6-11-24/h7-8,13,16,19,21,32H,3-6,9-12,14-15H2,1-2H3,(H,27,31)/t16-,19-/m0/s1. The summed E-state index contributed by atoms with van der Waals surface area (Å²) in [6.45, 7) is 6.60. The van der Waals surface area contributed by atoms with Crippen LogP contribution in [0, 0.1) is 5.92 Å². The Morgan fingerprint density at radius 2 is 2.06 bits per heavy atom. The van der Waals surface area contributed by atoms with E-state index in [-0.39, 0.29) is 23.7 Å². The lowest BCUT2D eigenvalue weighted by atomic mass is 9.83. The molecule has 1 aromatic heterocycles. The smallest absolute Gasteiger partial charge is 0.295 e. The molecule has 32 heavy (non-hydrogen) atoms. The summed E-state index contributed by atoms with van der Waals surface area (Å²) in [5.41, 5.74) is 0.879. The van der Waals surface area contributed by atoms with Crippen molar-refractivity contribution in [3.8, 4) is 0 Å². The van der Waals surface area contributed by atoms with E-state index in [2.05, 4.69) is 22.1 Å². The van der Waals surface area contributed by atoms with Crippen LogP contribution in [0.3, 0.4) is 0 Å². The number of likely N-dealkylation sites (tertiary alicyclic amines) is 1. The molecule has 1 saturated heterocycles. The summed E-state index contributed by atoms with van der Waals surface area (Å²) >= 11 is 0. The Morgan fingerprint density at radius 1 is 1.31 bits per heavy atom. The largest absolute Gasteiger partial charge is 0.389 e. The van der Waals surface area contributed by atoms with Crippen LogP contribution in [0.15, 0.2) is 18.2 Å². The fraction of sp³-hybridized carbons (Fsp3) is 0.667. The Balaban J connectivity index is 1.57. The van der Waals surface area contributed by atoms with Gasteiger partial charge in [-0.1, -0.05) is 26.2 Å². The van der Waals surface area contributed by atoms with Crippen LogP contribution in [0.1, 0.15) is 81.0 Å². The van der Waals surface area contributed by atoms with Gasteiger partial charge in [0.25, 0.3) is 12.3 Å². The average molecular weight is 449 g/mol. The zero-order valence-electron chi connectivity index (χ0n) is 19.0. The number of piperidine rings is 1. The number of rotatable bonds is 6. The lowest BCUT2D eigenvalue weighted by Crippen LogP contribution is -2.49. The van der Waals surface area contributed by atoms with E-state index in [1.54, 1.807) is 22.8 Å². The number of hydrogen-bond acceptors (Lipinski definition) is 4. The highest BCUT2D eigenvalue weighted by Gasteiger charge is 2.36. The Morgan fingerprint density at radius 3 is 2.72 bits per heavy atom. The van der Waals surface area contributed by atoms with Crippen LogP contribution in [0.5, 0.6) is 0 Å². The minimum Gasteiger partial charge on any atom is -0.389 e. The quantitative estimate of drug-likeness (QED) is 0.691. The minimum atomic E-state index is -2.69. The monoisotopic (exact) mass is 448 g/mol. The van der Waals surface area contributed by atoms with Gasteiger partial charge < -0.3 is 19.9 Å². The van der Waals surface area contributed by atoms with Gasteiger partial charge >= 0.3 is 0 Å². The summed E-state index contributed by atoms with van der Waals surface area (Å²) < 4.78 is 29.6. The van der Waals surface area contributed by atoms with Crippen molar-refractivity contribution < 1.29 is 18.7 Å². The molecule has 2 aromatic rings. The molecule has 0 unspecified atom stereocenters. The number of benzene rings is 1. The van der Waals surface area contributed by atoms with E-state index in [1.165, 1.54) is 6.42 Å². The summed E-state index contributed by atoms with van der Waals surface area (Å²) in [5, 5.41) is 13.7. The van der Waals surface area contributed by atoms with Gasteiger partial charge in [0.2, 0.25) is 0 Å². The third-order valence-electron chi connectivity index (χ3n) is 7.09. The molecule has 2 fully saturated rings. The number of β-amino-alcohol motifs (C(OH)–C–C–N with tert-alkyl or cyclic N) is 1. The molecule has 2 heterocycles. The van der Waals surface area contributed by atoms with Crippen molar-refractivity contribution in [2.24, 2.45) is 5.92 Å². The number of nitrogens with zero attached hydrogens (tertiary/aromatic N) is 3. The van der Waals surface area contributed by atoms with Crippen molar-refractivity contribution in [3.63, 3.8) is 0 Å². The van der Waals surface area contributed by atoms with Crippen molar-refractivity contribution in [1.29, 1.82) is 0 Å². The molecule has 1 amide bonds. The number of aromatic nitrogens is 2. The maximum absolute atomic E-state index is 14.0. The van der Waals surface area contributed by atoms with Crippen LogP contribution in [0.25, 0.3) is 11.0 Å². The number of amides is 1. The molecule has 176 valence electrons. The number of carbonyl (C=O) groups is 1. The second kappa shape index (κ2) is 9.43. The molecule has 0 radical (unpaired) electrons. The van der Waals surface area contributed by atoms with E-state index < -0.39 is 12.0 Å². The Hall–Kier alpha value is -2.06. The van der Waals surface area contributed by atoms with E-state index >= 15 is 0 Å². The van der Waals surface area contributed by atoms with Crippen LogP contribution in [0.4, 0.5) is 8.78 Å². The van der Waals surface area contributed by atoms with Crippen LogP contribution in [0.2, 0.25) is 0 Å². The van der Waals surface area contributed by atoms with Gasteiger partial charge in [0.05, 0.1) is 16.6 Å². The zero-order chi connectivity index (χ0) is 22.9. The molecular formula is C24H34F2N4O2. The molecule has 6 nitrogen and oxygen atoms in total. The van der Waals surface area contributed by atoms with E-state index in [0.717, 1.165) is 45.2 Å². The molecule has 0 bridgehead atoms. The first-order valence-corrected chi connectivity index (χ1v) is 11.8. The van der Waals surface area contributed by atoms with Crippen molar-refractivity contribution >= 4 is 16.9 Å². The molecule has 2 N–H and O–H groups in total. The summed E-state index contributed by atoms with van der Waals surface area (Å²) in [5.74, 6) is -0.331. The molecule has 8 heteroatoms. The highest BCUT2D eigenvalue weighted by molar-refractivity contribution is 5.97. The third kappa shape index (κ3) is 4.66. The van der Waals surface area contributed by atoms with Gasteiger partial charge in [-0.3, -0.25) is 4.79 Å². The van der Waals surface area contributed by atoms with Crippen LogP contribution >= 0.6 is 0 Å². The topological polar surface area (TPSA) is 70.4 Å². The minimum absolute atomic E-state index is 0.100. The number of aliphatic hydroxyl groups is 1. The first-order valence-electron chi connectivity index (χ1n) is 11.8. The number of hydrogen-bond donors (Lipinski definition) is 2. The maximum atomic E-state index is 14.0. The van der Waals surface area contributed by atoms with E-state index in [4.69, 9.17) is 0 Å². The zero-order valence-corrected chi connectivity index (χ0v) is 19.0. The Kier molecular flexibility index (Phi) is 6.81. The normalized spacial score (nSPS) is 24.2. The van der Waals surface area contributed by atoms with Gasteiger partial charge in [-0.2, -0.15) is 0 Å². The third-order valence-corrected chi connectivity index (χ3v) is 7.09. The van der Waals surface area contributed by atoms with Crippen molar-refractivity contribution in [2.75, 3.05) is 26.2 Å². The van der Waals surface area contributed by atoms with Crippen molar-refractivity contribution in [2.45, 2.75) is 70.4 Å². The van der Waals surface area contributed by atoms with E-state index in [9.17, 15) is 18.7 Å². The SMILES string of the molecule is CCNC(=O)c1ccc2c(c1)nc(C(F)F)n2[C@H]1CCN(CC2(O)CCCCC2)C[C@@H]1C. The van der Waals surface area contributed by atoms with Crippen LogP contribution in [-0.4, -0.2) is 57.2 Å². The lowest BCUT2D eigenvalue weighted by Gasteiger charge is -2.43. The molecule has 1 aromatic carbocycles. The molecule has 1 aliphatic heterocycles. The summed E-state index contributed by atoms with van der Waals surface area (Å²) in [6, 6.07) is 4.92. The van der Waals surface area contributed by atoms with Gasteiger partial charge in [-0.25, -0.2) is 13.8 Å². The maximum Gasteiger partial charge on any atom is 0.295 e. The highest BCUT2D eigenvalue weighted by Crippen LogP contribution is 2.37. The second-order valence-electron chi connectivity index (χ2n) is 9.56. The van der Waals surface area contributed by atoms with Gasteiger partial charge in [0.15, 0.2) is 5.82 Å². The molecule has 4 rings (SSSR count). The average Bonchev–Trinajstić information content (AvgIpc) is 3.13. The number of nitrogens with one attached hydrogen (secondary N) is 1. The van der Waals surface area contributed by atoms with E-state index in [1.807, 2.05) is 6.92 Å². The molecule has 1 aliphatic carbocycles. The molecule has 2 atom stereocenters. The van der Waals surface area contributed by atoms with Gasteiger partial charge in [-0.05, 0) is 50.3 Å². The number of imidazole rings is 1. The Labute approximate surface area is 188 Å². The van der Waals surface area contributed by atoms with Crippen molar-refractivity contribution in [3.05, 3.63) is 29.6 Å². The van der Waals surface area contributed by atoms with Crippen molar-refractivity contribution in [1.82, 2.24) is 19.8 Å². The summed E-state index contributed by atoms with van der Waals surface area (Å²) in [4.78, 5) is 18.7. The molecule has 2 aliphatic rings. The van der Waals surface area contributed by atoms with Gasteiger partial charge in [0.1, 0.15) is 0 Å². The van der Waals surface area contributed by atoms with Gasteiger partial charge in [0, 0.05) is 37.8 Å². The first kappa shape index (κ1) is 23.1. The fourth-order valence-electron chi connectivity index (χ4n) is 5.55. The molecular weight excluding hydrogens is 414 g/mol. The lowest BCUT2D eigenvalue weighted by molar-refractivity contribution is -0.0380. The Bertz CT molecular complexity index is 955. The fourth-order valence-corrected chi connectivity index (χ4v) is 5.55. The number of alkyl halides is 2.